The zero-order valence-electron chi connectivity index (χ0n) is 7.70. The standard InChI is InChI=1S/C8H17N3/c1-5-8(4)11(7(2)3)10-6-9/h5-7H,1-4H3,(H2,9,10)/b8-5-. The summed E-state index contributed by atoms with van der Waals surface area (Å²) in [5.41, 5.74) is 6.31. The highest BCUT2D eigenvalue weighted by molar-refractivity contribution is 5.50. The van der Waals surface area contributed by atoms with Gasteiger partial charge in [-0.1, -0.05) is 6.08 Å². The van der Waals surface area contributed by atoms with Gasteiger partial charge in [-0.25, -0.2) is 0 Å². The van der Waals surface area contributed by atoms with E-state index in [1.165, 1.54) is 6.34 Å². The van der Waals surface area contributed by atoms with Crippen molar-refractivity contribution in [1.29, 1.82) is 0 Å². The molecule has 0 amide bonds. The van der Waals surface area contributed by atoms with Gasteiger partial charge in [0.25, 0.3) is 0 Å². The molecule has 0 bridgehead atoms. The SMILES string of the molecule is C/C=C(/C)N(/N=C\N)C(C)C. The third-order valence-electron chi connectivity index (χ3n) is 1.46. The molecule has 0 aromatic carbocycles. The number of rotatable bonds is 3. The second-order valence-electron chi connectivity index (χ2n) is 2.63. The second kappa shape index (κ2) is 4.77. The lowest BCUT2D eigenvalue weighted by Crippen LogP contribution is -2.24. The minimum Gasteiger partial charge on any atom is -0.388 e. The predicted octanol–water partition coefficient (Wildman–Crippen LogP) is 1.52. The maximum atomic E-state index is 5.20. The molecule has 0 aromatic rings. The lowest BCUT2D eigenvalue weighted by atomic mass is 10.3. The van der Waals surface area contributed by atoms with Gasteiger partial charge < -0.3 is 5.73 Å². The summed E-state index contributed by atoms with van der Waals surface area (Å²) in [7, 11) is 0. The lowest BCUT2D eigenvalue weighted by Gasteiger charge is -2.23. The molecule has 0 saturated heterocycles. The first-order valence-corrected chi connectivity index (χ1v) is 3.79. The van der Waals surface area contributed by atoms with Gasteiger partial charge in [0, 0.05) is 11.7 Å². The van der Waals surface area contributed by atoms with Crippen LogP contribution in [0.3, 0.4) is 0 Å². The molecule has 2 N–H and O–H groups in total. The van der Waals surface area contributed by atoms with Crippen LogP contribution in [0.15, 0.2) is 16.9 Å². The van der Waals surface area contributed by atoms with E-state index in [9.17, 15) is 0 Å². The van der Waals surface area contributed by atoms with Crippen LogP contribution in [0.4, 0.5) is 0 Å². The number of allylic oxidation sites excluding steroid dienone is 2. The molecule has 0 aromatic heterocycles. The van der Waals surface area contributed by atoms with E-state index in [0.717, 1.165) is 5.70 Å². The van der Waals surface area contributed by atoms with Crippen molar-refractivity contribution in [3.63, 3.8) is 0 Å². The van der Waals surface area contributed by atoms with Crippen LogP contribution in [0.5, 0.6) is 0 Å². The van der Waals surface area contributed by atoms with E-state index in [0.29, 0.717) is 6.04 Å². The third kappa shape index (κ3) is 3.07. The Bertz CT molecular complexity index is 159. The van der Waals surface area contributed by atoms with Crippen molar-refractivity contribution in [3.05, 3.63) is 11.8 Å². The molecule has 0 spiro atoms. The van der Waals surface area contributed by atoms with Gasteiger partial charge >= 0.3 is 0 Å². The summed E-state index contributed by atoms with van der Waals surface area (Å²) in [4.78, 5) is 0. The van der Waals surface area contributed by atoms with Crippen LogP contribution >= 0.6 is 0 Å². The smallest absolute Gasteiger partial charge is 0.106 e. The van der Waals surface area contributed by atoms with Crippen LogP contribution in [-0.4, -0.2) is 17.4 Å². The topological polar surface area (TPSA) is 41.6 Å². The molecular weight excluding hydrogens is 138 g/mol. The summed E-state index contributed by atoms with van der Waals surface area (Å²) >= 11 is 0. The lowest BCUT2D eigenvalue weighted by molar-refractivity contribution is 0.300. The molecule has 0 heterocycles. The predicted molar refractivity (Wildman–Crippen MR) is 49.1 cm³/mol. The van der Waals surface area contributed by atoms with E-state index < -0.39 is 0 Å². The van der Waals surface area contributed by atoms with Gasteiger partial charge in [0.1, 0.15) is 6.34 Å². The summed E-state index contributed by atoms with van der Waals surface area (Å²) in [5.74, 6) is 0. The van der Waals surface area contributed by atoms with Crippen LogP contribution in [0.1, 0.15) is 27.7 Å². The Morgan fingerprint density at radius 3 is 2.36 bits per heavy atom. The molecule has 64 valence electrons. The van der Waals surface area contributed by atoms with Crippen LogP contribution < -0.4 is 5.73 Å². The van der Waals surface area contributed by atoms with Crippen molar-refractivity contribution in [2.24, 2.45) is 10.8 Å². The molecule has 0 fully saturated rings. The molecule has 0 saturated carbocycles. The number of hydrogen-bond acceptors (Lipinski definition) is 2. The summed E-state index contributed by atoms with van der Waals surface area (Å²) in [5, 5.41) is 5.89. The van der Waals surface area contributed by atoms with Gasteiger partial charge in [-0.3, -0.25) is 5.01 Å². The van der Waals surface area contributed by atoms with Crippen molar-refractivity contribution in [2.75, 3.05) is 0 Å². The Morgan fingerprint density at radius 2 is 2.09 bits per heavy atom. The van der Waals surface area contributed by atoms with E-state index in [1.807, 2.05) is 24.9 Å². The first-order chi connectivity index (χ1) is 5.13. The summed E-state index contributed by atoms with van der Waals surface area (Å²) in [6.07, 6.45) is 3.32. The zero-order chi connectivity index (χ0) is 8.85. The highest BCUT2D eigenvalue weighted by atomic mass is 15.5. The first-order valence-electron chi connectivity index (χ1n) is 3.79. The molecule has 11 heavy (non-hydrogen) atoms. The second-order valence-corrected chi connectivity index (χ2v) is 2.63. The molecule has 3 nitrogen and oxygen atoms in total. The number of hydrazone groups is 1. The van der Waals surface area contributed by atoms with E-state index >= 15 is 0 Å². The third-order valence-corrected chi connectivity index (χ3v) is 1.46. The van der Waals surface area contributed by atoms with Crippen LogP contribution in [0.2, 0.25) is 0 Å². The van der Waals surface area contributed by atoms with E-state index in [4.69, 9.17) is 5.73 Å². The quantitative estimate of drug-likeness (QED) is 0.381. The zero-order valence-corrected chi connectivity index (χ0v) is 7.70. The van der Waals surface area contributed by atoms with Crippen molar-refractivity contribution in [1.82, 2.24) is 5.01 Å². The maximum absolute atomic E-state index is 5.20. The molecule has 0 atom stereocenters. The Hall–Kier alpha value is -0.990. The van der Waals surface area contributed by atoms with E-state index in [2.05, 4.69) is 18.9 Å². The maximum Gasteiger partial charge on any atom is 0.106 e. The van der Waals surface area contributed by atoms with Gasteiger partial charge in [-0.2, -0.15) is 5.10 Å². The van der Waals surface area contributed by atoms with Gasteiger partial charge in [0.15, 0.2) is 0 Å². The van der Waals surface area contributed by atoms with Gasteiger partial charge in [0.2, 0.25) is 0 Å². The minimum atomic E-state index is 0.353. The Morgan fingerprint density at radius 1 is 1.55 bits per heavy atom. The molecular formula is C8H17N3. The fraction of sp³-hybridized carbons (Fsp3) is 0.625. The fourth-order valence-electron chi connectivity index (χ4n) is 0.836. The highest BCUT2D eigenvalue weighted by Crippen LogP contribution is 2.07. The molecule has 0 radical (unpaired) electrons. The average molecular weight is 155 g/mol. The Kier molecular flexibility index (Phi) is 4.34. The van der Waals surface area contributed by atoms with Gasteiger partial charge in [0.05, 0.1) is 0 Å². The Labute approximate surface area is 68.6 Å². The van der Waals surface area contributed by atoms with Crippen molar-refractivity contribution < 1.29 is 0 Å². The Balaban J connectivity index is 4.34. The van der Waals surface area contributed by atoms with Crippen molar-refractivity contribution >= 4 is 6.34 Å². The van der Waals surface area contributed by atoms with Crippen LogP contribution in [0.25, 0.3) is 0 Å². The molecule has 0 aliphatic heterocycles. The number of hydrogen-bond donors (Lipinski definition) is 1. The first kappa shape index (κ1) is 10.0. The summed E-state index contributed by atoms with van der Waals surface area (Å²) in [6.45, 7) is 8.13. The van der Waals surface area contributed by atoms with Crippen molar-refractivity contribution in [3.8, 4) is 0 Å². The summed E-state index contributed by atoms with van der Waals surface area (Å²) < 4.78 is 0. The normalized spacial score (nSPS) is 13.0. The van der Waals surface area contributed by atoms with Crippen LogP contribution in [-0.2, 0) is 0 Å². The largest absolute Gasteiger partial charge is 0.388 e. The fourth-order valence-corrected chi connectivity index (χ4v) is 0.836. The molecule has 0 unspecified atom stereocenters. The van der Waals surface area contributed by atoms with E-state index in [1.54, 1.807) is 0 Å². The summed E-state index contributed by atoms with van der Waals surface area (Å²) in [6, 6.07) is 0.353. The number of nitrogens with two attached hydrogens (primary N) is 1. The minimum absolute atomic E-state index is 0.353. The average Bonchev–Trinajstić information content (AvgIpc) is 1.98. The highest BCUT2D eigenvalue weighted by Gasteiger charge is 2.05. The monoisotopic (exact) mass is 155 g/mol. The molecule has 0 aliphatic carbocycles. The van der Waals surface area contributed by atoms with E-state index in [-0.39, 0.29) is 0 Å². The van der Waals surface area contributed by atoms with Crippen LogP contribution in [0, 0.1) is 0 Å². The molecule has 0 aliphatic rings. The molecule has 0 rings (SSSR count). The number of nitrogens with zero attached hydrogens (tertiary/aromatic N) is 2. The molecule has 3 heteroatoms. The van der Waals surface area contributed by atoms with Crippen molar-refractivity contribution in [2.45, 2.75) is 33.7 Å². The van der Waals surface area contributed by atoms with Gasteiger partial charge in [-0.05, 0) is 27.7 Å². The van der Waals surface area contributed by atoms with Gasteiger partial charge in [-0.15, -0.1) is 0 Å².